The van der Waals surface area contributed by atoms with Gasteiger partial charge in [-0.15, -0.1) is 6.58 Å². The summed E-state index contributed by atoms with van der Waals surface area (Å²) in [4.78, 5) is 4.28. The van der Waals surface area contributed by atoms with Gasteiger partial charge in [-0.2, -0.15) is 0 Å². The summed E-state index contributed by atoms with van der Waals surface area (Å²) < 4.78 is 2.26. The van der Waals surface area contributed by atoms with Crippen LogP contribution in [0.2, 0.25) is 6.04 Å². The first kappa shape index (κ1) is 17.4. The van der Waals surface area contributed by atoms with Gasteiger partial charge in [-0.05, 0) is 12.5 Å². The zero-order valence-corrected chi connectivity index (χ0v) is 15.7. The zero-order valence-electron chi connectivity index (χ0n) is 14.7. The molecule has 0 aliphatic rings. The Hall–Kier alpha value is -2.39. The molecule has 3 heteroatoms. The summed E-state index contributed by atoms with van der Waals surface area (Å²) >= 11 is 0. The van der Waals surface area contributed by atoms with Gasteiger partial charge in [0.05, 0.1) is 6.33 Å². The Labute approximate surface area is 151 Å². The lowest BCUT2D eigenvalue weighted by molar-refractivity contribution is 0.785. The van der Waals surface area contributed by atoms with Crippen molar-refractivity contribution in [3.8, 4) is 0 Å². The lowest BCUT2D eigenvalue weighted by Gasteiger charge is -2.33. The molecule has 0 fully saturated rings. The van der Waals surface area contributed by atoms with E-state index >= 15 is 0 Å². The standard InChI is InChI=1S/C22H26N2Si/c1-2-3-4-11-18-25(20-24-17-16-23-19-24,21-12-7-5-8-13-21)22-14-9-6-10-15-22/h2,5-10,12-17,19H,1,3-4,11,18,20H2. The first-order valence-corrected chi connectivity index (χ1v) is 11.4. The van der Waals surface area contributed by atoms with Crippen molar-refractivity contribution in [1.29, 1.82) is 0 Å². The Morgan fingerprint density at radius 3 is 2.08 bits per heavy atom. The van der Waals surface area contributed by atoms with Crippen LogP contribution in [-0.2, 0) is 6.17 Å². The van der Waals surface area contributed by atoms with Crippen LogP contribution in [0.4, 0.5) is 0 Å². The molecular formula is C22H26N2Si. The molecule has 3 rings (SSSR count). The first-order valence-electron chi connectivity index (χ1n) is 9.03. The van der Waals surface area contributed by atoms with Crippen molar-refractivity contribution in [2.24, 2.45) is 0 Å². The summed E-state index contributed by atoms with van der Waals surface area (Å²) in [7, 11) is -1.91. The lowest BCUT2D eigenvalue weighted by atomic mass is 10.2. The van der Waals surface area contributed by atoms with Crippen LogP contribution in [0.15, 0.2) is 92.0 Å². The molecule has 0 amide bonds. The predicted molar refractivity (Wildman–Crippen MR) is 109 cm³/mol. The highest BCUT2D eigenvalue weighted by Crippen LogP contribution is 2.19. The van der Waals surface area contributed by atoms with E-state index in [1.165, 1.54) is 29.3 Å². The summed E-state index contributed by atoms with van der Waals surface area (Å²) in [5, 5.41) is 3.02. The topological polar surface area (TPSA) is 17.8 Å². The maximum absolute atomic E-state index is 4.28. The Bertz CT molecular complexity index is 712. The highest BCUT2D eigenvalue weighted by molar-refractivity contribution is 7.01. The van der Waals surface area contributed by atoms with Gasteiger partial charge >= 0.3 is 0 Å². The Morgan fingerprint density at radius 2 is 1.56 bits per heavy atom. The molecule has 128 valence electrons. The van der Waals surface area contributed by atoms with E-state index < -0.39 is 8.07 Å². The number of allylic oxidation sites excluding steroid dienone is 1. The molecule has 0 saturated carbocycles. The van der Waals surface area contributed by atoms with Crippen LogP contribution < -0.4 is 10.4 Å². The number of aromatic nitrogens is 2. The minimum absolute atomic E-state index is 1.04. The van der Waals surface area contributed by atoms with Crippen LogP contribution in [0, 0.1) is 0 Å². The van der Waals surface area contributed by atoms with Crippen LogP contribution in [0.3, 0.4) is 0 Å². The monoisotopic (exact) mass is 346 g/mol. The van der Waals surface area contributed by atoms with E-state index in [0.717, 1.165) is 12.6 Å². The number of unbranched alkanes of at least 4 members (excludes halogenated alkanes) is 2. The van der Waals surface area contributed by atoms with E-state index in [9.17, 15) is 0 Å². The Balaban J connectivity index is 2.03. The van der Waals surface area contributed by atoms with Crippen molar-refractivity contribution in [3.05, 3.63) is 92.0 Å². The molecule has 0 saturated heterocycles. The van der Waals surface area contributed by atoms with Crippen molar-refractivity contribution >= 4 is 18.4 Å². The molecule has 25 heavy (non-hydrogen) atoms. The van der Waals surface area contributed by atoms with Gasteiger partial charge in [0.25, 0.3) is 0 Å². The SMILES string of the molecule is C=CCCCC[Si](Cn1ccnc1)(c1ccccc1)c1ccccc1. The molecule has 0 N–H and O–H groups in total. The van der Waals surface area contributed by atoms with Gasteiger partial charge in [-0.1, -0.05) is 90.0 Å². The van der Waals surface area contributed by atoms with Gasteiger partial charge in [0.2, 0.25) is 0 Å². The molecule has 0 bridgehead atoms. The van der Waals surface area contributed by atoms with Crippen LogP contribution in [0.1, 0.15) is 19.3 Å². The second-order valence-electron chi connectivity index (χ2n) is 6.58. The average molecular weight is 347 g/mol. The van der Waals surface area contributed by atoms with Crippen molar-refractivity contribution in [2.75, 3.05) is 0 Å². The summed E-state index contributed by atoms with van der Waals surface area (Å²) in [5.74, 6) is 0. The molecule has 1 aromatic heterocycles. The third kappa shape index (κ3) is 4.17. The highest BCUT2D eigenvalue weighted by Gasteiger charge is 2.36. The van der Waals surface area contributed by atoms with Crippen LogP contribution in [0.25, 0.3) is 0 Å². The van der Waals surface area contributed by atoms with E-state index in [0.29, 0.717) is 0 Å². The highest BCUT2D eigenvalue weighted by atomic mass is 28.3. The van der Waals surface area contributed by atoms with Gasteiger partial charge in [-0.3, -0.25) is 0 Å². The Kier molecular flexibility index (Phi) is 6.02. The normalized spacial score (nSPS) is 11.4. The van der Waals surface area contributed by atoms with Gasteiger partial charge < -0.3 is 4.57 Å². The molecule has 2 nitrogen and oxygen atoms in total. The fourth-order valence-electron chi connectivity index (χ4n) is 3.64. The third-order valence-corrected chi connectivity index (χ3v) is 9.92. The smallest absolute Gasteiger partial charge is 0.137 e. The van der Waals surface area contributed by atoms with E-state index in [4.69, 9.17) is 0 Å². The number of hydrogen-bond acceptors (Lipinski definition) is 1. The quantitative estimate of drug-likeness (QED) is 0.325. The van der Waals surface area contributed by atoms with Gasteiger partial charge in [0, 0.05) is 18.6 Å². The van der Waals surface area contributed by atoms with Crippen molar-refractivity contribution < 1.29 is 0 Å². The second-order valence-corrected chi connectivity index (χ2v) is 10.7. The average Bonchev–Trinajstić information content (AvgIpc) is 3.19. The number of rotatable bonds is 9. The number of imidazole rings is 1. The van der Waals surface area contributed by atoms with Crippen molar-refractivity contribution in [1.82, 2.24) is 9.55 Å². The second kappa shape index (κ2) is 8.63. The molecule has 3 aromatic rings. The van der Waals surface area contributed by atoms with Gasteiger partial charge in [0.15, 0.2) is 0 Å². The van der Waals surface area contributed by atoms with Gasteiger partial charge in [0.1, 0.15) is 8.07 Å². The largest absolute Gasteiger partial charge is 0.340 e. The maximum atomic E-state index is 4.28. The third-order valence-electron chi connectivity index (χ3n) is 4.93. The number of hydrogen-bond donors (Lipinski definition) is 0. The molecule has 0 spiro atoms. The molecule has 0 unspecified atom stereocenters. The lowest BCUT2D eigenvalue weighted by Crippen LogP contribution is -2.61. The maximum Gasteiger partial charge on any atom is 0.137 e. The van der Waals surface area contributed by atoms with Crippen LogP contribution in [-0.4, -0.2) is 17.6 Å². The first-order chi connectivity index (χ1) is 12.3. The number of benzene rings is 2. The fourth-order valence-corrected chi connectivity index (χ4v) is 8.40. The molecule has 2 aromatic carbocycles. The Morgan fingerprint density at radius 1 is 0.920 bits per heavy atom. The van der Waals surface area contributed by atoms with E-state index in [1.54, 1.807) is 0 Å². The molecule has 0 radical (unpaired) electrons. The summed E-state index contributed by atoms with van der Waals surface area (Å²) in [6.45, 7) is 3.87. The predicted octanol–water partition coefficient (Wildman–Crippen LogP) is 4.04. The fraction of sp³-hybridized carbons (Fsp3) is 0.227. The summed E-state index contributed by atoms with van der Waals surface area (Å²) in [5.41, 5.74) is 0. The van der Waals surface area contributed by atoms with E-state index in [2.05, 4.69) is 83.0 Å². The summed E-state index contributed by atoms with van der Waals surface area (Å²) in [6, 6.07) is 23.5. The van der Waals surface area contributed by atoms with Gasteiger partial charge in [-0.25, -0.2) is 4.98 Å². The number of nitrogens with zero attached hydrogens (tertiary/aromatic N) is 2. The van der Waals surface area contributed by atoms with Crippen LogP contribution in [0.5, 0.6) is 0 Å². The molecule has 0 aliphatic carbocycles. The molecule has 0 aliphatic heterocycles. The van der Waals surface area contributed by atoms with Crippen LogP contribution >= 0.6 is 0 Å². The minimum Gasteiger partial charge on any atom is -0.340 e. The minimum atomic E-state index is -1.91. The van der Waals surface area contributed by atoms with E-state index in [1.807, 2.05) is 18.6 Å². The van der Waals surface area contributed by atoms with Crippen molar-refractivity contribution in [3.63, 3.8) is 0 Å². The zero-order chi connectivity index (χ0) is 17.4. The summed E-state index contributed by atoms with van der Waals surface area (Å²) in [6.07, 6.45) is 12.5. The molecule has 1 heterocycles. The van der Waals surface area contributed by atoms with E-state index in [-0.39, 0.29) is 0 Å². The molecule has 0 atom stereocenters. The van der Waals surface area contributed by atoms with Crippen molar-refractivity contribution in [2.45, 2.75) is 31.5 Å². The molecular weight excluding hydrogens is 320 g/mol.